The average molecular weight is 342 g/mol. The van der Waals surface area contributed by atoms with E-state index in [0.29, 0.717) is 6.54 Å². The highest BCUT2D eigenvalue weighted by Gasteiger charge is 2.15. The molecule has 0 fully saturated rings. The van der Waals surface area contributed by atoms with Gasteiger partial charge in [-0.3, -0.25) is 4.98 Å². The van der Waals surface area contributed by atoms with E-state index in [4.69, 9.17) is 4.74 Å². The minimum atomic E-state index is -0.564. The fraction of sp³-hybridized carbons (Fsp3) is 0.476. The number of aromatic nitrogens is 1. The summed E-state index contributed by atoms with van der Waals surface area (Å²) < 4.78 is 5.80. The fourth-order valence-corrected chi connectivity index (χ4v) is 2.61. The number of nitrogens with one attached hydrogen (secondary N) is 1. The van der Waals surface area contributed by atoms with Gasteiger partial charge in [0.15, 0.2) is 0 Å². The first-order valence-electron chi connectivity index (χ1n) is 8.82. The van der Waals surface area contributed by atoms with Gasteiger partial charge in [0.1, 0.15) is 18.5 Å². The molecule has 0 spiro atoms. The molecule has 0 aliphatic carbocycles. The molecule has 1 heterocycles. The molecular formula is C21H30N2O2. The summed E-state index contributed by atoms with van der Waals surface area (Å²) in [7, 11) is 0. The molecule has 0 saturated heterocycles. The minimum Gasteiger partial charge on any atom is -0.491 e. The van der Waals surface area contributed by atoms with Crippen LogP contribution in [0.4, 0.5) is 0 Å². The van der Waals surface area contributed by atoms with Crippen molar-refractivity contribution < 1.29 is 9.84 Å². The first kappa shape index (κ1) is 19.4. The molecule has 0 radical (unpaired) electrons. The standard InChI is InChI=1S/C21H30N2O2/c1-15-12-18(21(3,4)5)6-7-20(15)25-14-19(24)13-23-16(2)17-8-10-22-11-9-17/h6-12,16,19,23-24H,13-14H2,1-5H3. The van der Waals surface area contributed by atoms with Crippen LogP contribution in [0.1, 0.15) is 50.4 Å². The van der Waals surface area contributed by atoms with E-state index in [1.807, 2.05) is 25.1 Å². The maximum atomic E-state index is 10.2. The van der Waals surface area contributed by atoms with Crippen molar-refractivity contribution in [2.45, 2.75) is 52.2 Å². The molecule has 136 valence electrons. The molecular weight excluding hydrogens is 312 g/mol. The Labute approximate surface area is 151 Å². The Balaban J connectivity index is 1.83. The second-order valence-corrected chi connectivity index (χ2v) is 7.61. The zero-order valence-electron chi connectivity index (χ0n) is 15.9. The van der Waals surface area contributed by atoms with Gasteiger partial charge in [-0.15, -0.1) is 0 Å². The van der Waals surface area contributed by atoms with Gasteiger partial charge >= 0.3 is 0 Å². The van der Waals surface area contributed by atoms with E-state index in [9.17, 15) is 5.11 Å². The van der Waals surface area contributed by atoms with Crippen molar-refractivity contribution >= 4 is 0 Å². The topological polar surface area (TPSA) is 54.4 Å². The lowest BCUT2D eigenvalue weighted by atomic mass is 9.86. The van der Waals surface area contributed by atoms with Gasteiger partial charge in [0.05, 0.1) is 0 Å². The first-order valence-corrected chi connectivity index (χ1v) is 8.82. The van der Waals surface area contributed by atoms with E-state index >= 15 is 0 Å². The molecule has 2 N–H and O–H groups in total. The predicted molar refractivity (Wildman–Crippen MR) is 102 cm³/mol. The Hall–Kier alpha value is -1.91. The number of aryl methyl sites for hydroxylation is 1. The lowest BCUT2D eigenvalue weighted by Gasteiger charge is -2.21. The molecule has 0 aliphatic heterocycles. The van der Waals surface area contributed by atoms with Gasteiger partial charge in [0, 0.05) is 25.0 Å². The van der Waals surface area contributed by atoms with Crippen molar-refractivity contribution in [1.82, 2.24) is 10.3 Å². The number of hydrogen-bond donors (Lipinski definition) is 2. The first-order chi connectivity index (χ1) is 11.8. The zero-order valence-corrected chi connectivity index (χ0v) is 15.9. The molecule has 0 bridgehead atoms. The molecule has 2 aromatic rings. The lowest BCUT2D eigenvalue weighted by Crippen LogP contribution is -2.33. The molecule has 0 saturated carbocycles. The van der Waals surface area contributed by atoms with E-state index in [1.165, 1.54) is 5.56 Å². The molecule has 2 rings (SSSR count). The highest BCUT2D eigenvalue weighted by atomic mass is 16.5. The van der Waals surface area contributed by atoms with Crippen LogP contribution in [-0.4, -0.2) is 29.3 Å². The summed E-state index contributed by atoms with van der Waals surface area (Å²) >= 11 is 0. The SMILES string of the molecule is Cc1cc(C(C)(C)C)ccc1OCC(O)CNC(C)c1ccncc1. The Morgan fingerprint density at radius 1 is 1.16 bits per heavy atom. The maximum Gasteiger partial charge on any atom is 0.122 e. The van der Waals surface area contributed by atoms with Crippen LogP contribution < -0.4 is 10.1 Å². The molecule has 1 aromatic carbocycles. The molecule has 2 unspecified atom stereocenters. The summed E-state index contributed by atoms with van der Waals surface area (Å²) in [6, 6.07) is 10.4. The van der Waals surface area contributed by atoms with Crippen molar-refractivity contribution in [3.05, 3.63) is 59.4 Å². The number of rotatable bonds is 7. The van der Waals surface area contributed by atoms with Gasteiger partial charge in [-0.2, -0.15) is 0 Å². The lowest BCUT2D eigenvalue weighted by molar-refractivity contribution is 0.104. The van der Waals surface area contributed by atoms with Crippen LogP contribution in [0.15, 0.2) is 42.7 Å². The third-order valence-electron chi connectivity index (χ3n) is 4.34. The number of hydrogen-bond acceptors (Lipinski definition) is 4. The van der Waals surface area contributed by atoms with Gasteiger partial charge in [-0.1, -0.05) is 32.9 Å². The normalized spacial score (nSPS) is 14.2. The van der Waals surface area contributed by atoms with Crippen molar-refractivity contribution in [2.75, 3.05) is 13.2 Å². The summed E-state index contributed by atoms with van der Waals surface area (Å²) in [4.78, 5) is 4.02. The summed E-state index contributed by atoms with van der Waals surface area (Å²) in [6.45, 7) is 11.4. The van der Waals surface area contributed by atoms with Crippen LogP contribution in [0, 0.1) is 6.92 Å². The number of pyridine rings is 1. The minimum absolute atomic E-state index is 0.121. The molecule has 4 heteroatoms. The smallest absolute Gasteiger partial charge is 0.122 e. The predicted octanol–water partition coefficient (Wildman–Crippen LogP) is 3.78. The number of benzene rings is 1. The Morgan fingerprint density at radius 3 is 2.44 bits per heavy atom. The highest BCUT2D eigenvalue weighted by Crippen LogP contribution is 2.27. The number of aliphatic hydroxyl groups is 1. The van der Waals surface area contributed by atoms with Gasteiger partial charge in [-0.25, -0.2) is 0 Å². The monoisotopic (exact) mass is 342 g/mol. The van der Waals surface area contributed by atoms with Crippen LogP contribution in [0.5, 0.6) is 5.75 Å². The van der Waals surface area contributed by atoms with E-state index in [1.54, 1.807) is 12.4 Å². The summed E-state index contributed by atoms with van der Waals surface area (Å²) in [5, 5.41) is 13.5. The van der Waals surface area contributed by atoms with Gasteiger partial charge in [-0.05, 0) is 54.2 Å². The maximum absolute atomic E-state index is 10.2. The molecule has 0 aliphatic rings. The number of nitrogens with zero attached hydrogens (tertiary/aromatic N) is 1. The quantitative estimate of drug-likeness (QED) is 0.804. The largest absolute Gasteiger partial charge is 0.491 e. The van der Waals surface area contributed by atoms with Gasteiger partial charge in [0.2, 0.25) is 0 Å². The number of aliphatic hydroxyl groups excluding tert-OH is 1. The molecule has 2 atom stereocenters. The summed E-state index contributed by atoms with van der Waals surface area (Å²) in [5.74, 6) is 0.828. The van der Waals surface area contributed by atoms with Gasteiger partial charge < -0.3 is 15.2 Å². The summed E-state index contributed by atoms with van der Waals surface area (Å²) in [6.07, 6.45) is 2.99. The molecule has 25 heavy (non-hydrogen) atoms. The fourth-order valence-electron chi connectivity index (χ4n) is 2.61. The van der Waals surface area contributed by atoms with Crippen LogP contribution >= 0.6 is 0 Å². The van der Waals surface area contributed by atoms with Crippen LogP contribution in [0.3, 0.4) is 0 Å². The molecule has 1 aromatic heterocycles. The highest BCUT2D eigenvalue weighted by molar-refractivity contribution is 5.38. The molecule has 0 amide bonds. The second kappa shape index (κ2) is 8.45. The van der Waals surface area contributed by atoms with Gasteiger partial charge in [0.25, 0.3) is 0 Å². The van der Waals surface area contributed by atoms with E-state index in [0.717, 1.165) is 16.9 Å². The third-order valence-corrected chi connectivity index (χ3v) is 4.34. The average Bonchev–Trinajstić information content (AvgIpc) is 2.58. The summed E-state index contributed by atoms with van der Waals surface area (Å²) in [5.41, 5.74) is 3.65. The number of ether oxygens (including phenoxy) is 1. The van der Waals surface area contributed by atoms with E-state index in [2.05, 4.69) is 50.1 Å². The molecule has 4 nitrogen and oxygen atoms in total. The van der Waals surface area contributed by atoms with Crippen molar-refractivity contribution in [1.29, 1.82) is 0 Å². The van der Waals surface area contributed by atoms with Crippen molar-refractivity contribution in [3.8, 4) is 5.75 Å². The Bertz CT molecular complexity index is 665. The van der Waals surface area contributed by atoms with Crippen LogP contribution in [-0.2, 0) is 5.41 Å². The third kappa shape index (κ3) is 5.83. The van der Waals surface area contributed by atoms with Crippen molar-refractivity contribution in [3.63, 3.8) is 0 Å². The van der Waals surface area contributed by atoms with Crippen LogP contribution in [0.25, 0.3) is 0 Å². The zero-order chi connectivity index (χ0) is 18.4. The Kier molecular flexibility index (Phi) is 6.57. The van der Waals surface area contributed by atoms with Crippen LogP contribution in [0.2, 0.25) is 0 Å². The van der Waals surface area contributed by atoms with Crippen molar-refractivity contribution in [2.24, 2.45) is 0 Å². The second-order valence-electron chi connectivity index (χ2n) is 7.61. The Morgan fingerprint density at radius 2 is 1.84 bits per heavy atom. The van der Waals surface area contributed by atoms with E-state index in [-0.39, 0.29) is 18.1 Å². The van der Waals surface area contributed by atoms with E-state index < -0.39 is 6.10 Å².